The van der Waals surface area contributed by atoms with Gasteiger partial charge in [-0.25, -0.2) is 17.9 Å². The highest BCUT2D eigenvalue weighted by Crippen LogP contribution is 2.42. The molecule has 0 bridgehead atoms. The van der Waals surface area contributed by atoms with Crippen molar-refractivity contribution in [3.05, 3.63) is 59.7 Å². The fraction of sp³-hybridized carbons (Fsp3) is 0.440. The summed E-state index contributed by atoms with van der Waals surface area (Å²) in [7, 11) is -2.47. The molecule has 8 nitrogen and oxygen atoms in total. The molecular weight excluding hydrogens is 454 g/mol. The first kappa shape index (κ1) is 25.6. The average Bonchev–Trinajstić information content (AvgIpc) is 3.04. The van der Waals surface area contributed by atoms with Crippen molar-refractivity contribution >= 4 is 22.0 Å². The quantitative estimate of drug-likeness (QED) is 0.528. The number of amides is 3. The minimum atomic E-state index is -3.98. The van der Waals surface area contributed by atoms with Crippen molar-refractivity contribution in [2.45, 2.75) is 51.0 Å². The average molecular weight is 488 g/mol. The summed E-state index contributed by atoms with van der Waals surface area (Å²) < 4.78 is 32.5. The van der Waals surface area contributed by atoms with E-state index in [1.165, 1.54) is 19.2 Å². The molecule has 1 fully saturated rings. The smallest absolute Gasteiger partial charge is 0.328 e. The predicted molar refractivity (Wildman–Crippen MR) is 130 cm³/mol. The minimum absolute atomic E-state index is 0.00424. The minimum Gasteiger partial charge on any atom is -0.496 e. The Morgan fingerprint density at radius 2 is 1.76 bits per heavy atom. The third kappa shape index (κ3) is 6.28. The first-order valence-electron chi connectivity index (χ1n) is 11.4. The van der Waals surface area contributed by atoms with Gasteiger partial charge in [-0.2, -0.15) is 0 Å². The third-order valence-electron chi connectivity index (χ3n) is 6.59. The molecule has 0 aromatic heterocycles. The fourth-order valence-corrected chi connectivity index (χ4v) is 5.17. The summed E-state index contributed by atoms with van der Waals surface area (Å²) in [5, 5.41) is 5.62. The van der Waals surface area contributed by atoms with Gasteiger partial charge in [-0.1, -0.05) is 45.0 Å². The van der Waals surface area contributed by atoms with E-state index < -0.39 is 16.1 Å². The van der Waals surface area contributed by atoms with Gasteiger partial charge >= 0.3 is 6.03 Å². The zero-order valence-electron chi connectivity index (χ0n) is 20.1. The van der Waals surface area contributed by atoms with Gasteiger partial charge in [0.25, 0.3) is 15.9 Å². The molecular formula is C25H33N3O5S. The molecule has 3 rings (SSSR count). The second-order valence-electron chi connectivity index (χ2n) is 9.46. The van der Waals surface area contributed by atoms with E-state index in [4.69, 9.17) is 4.74 Å². The molecule has 184 valence electrons. The maximum Gasteiger partial charge on any atom is 0.328 e. The molecule has 1 aliphatic carbocycles. The van der Waals surface area contributed by atoms with Crippen LogP contribution in [0.1, 0.15) is 49.5 Å². The number of urea groups is 1. The number of carbonyl (C=O) groups excluding carboxylic acids is 2. The lowest BCUT2D eigenvalue weighted by molar-refractivity contribution is 0.0951. The van der Waals surface area contributed by atoms with Crippen molar-refractivity contribution < 1.29 is 22.7 Å². The number of rotatable bonds is 8. The number of hydrogen-bond donors (Lipinski definition) is 3. The van der Waals surface area contributed by atoms with Crippen molar-refractivity contribution in [2.24, 2.45) is 11.3 Å². The van der Waals surface area contributed by atoms with E-state index in [1.54, 1.807) is 36.4 Å². The number of sulfonamides is 1. The van der Waals surface area contributed by atoms with Crippen LogP contribution in [0.15, 0.2) is 53.4 Å². The molecule has 3 N–H and O–H groups in total. The fourth-order valence-electron chi connectivity index (χ4n) is 4.25. The van der Waals surface area contributed by atoms with Gasteiger partial charge in [0.1, 0.15) is 5.75 Å². The maximum absolute atomic E-state index is 12.6. The van der Waals surface area contributed by atoms with Crippen LogP contribution in [0.2, 0.25) is 0 Å². The summed E-state index contributed by atoms with van der Waals surface area (Å²) in [6, 6.07) is 12.4. The number of benzene rings is 2. The molecule has 1 saturated carbocycles. The molecule has 2 aromatic carbocycles. The molecule has 0 spiro atoms. The highest BCUT2D eigenvalue weighted by Gasteiger charge is 2.38. The van der Waals surface area contributed by atoms with E-state index in [1.807, 2.05) is 0 Å². The zero-order valence-corrected chi connectivity index (χ0v) is 20.9. The van der Waals surface area contributed by atoms with Crippen LogP contribution in [0.5, 0.6) is 5.75 Å². The lowest BCUT2D eigenvalue weighted by Gasteiger charge is -2.22. The van der Waals surface area contributed by atoms with E-state index in [-0.39, 0.29) is 22.3 Å². The summed E-state index contributed by atoms with van der Waals surface area (Å²) >= 11 is 0. The molecule has 1 aliphatic rings. The Balaban J connectivity index is 1.51. The normalized spacial score (nSPS) is 19.3. The zero-order chi connectivity index (χ0) is 24.9. The highest BCUT2D eigenvalue weighted by atomic mass is 32.2. The molecule has 9 heteroatoms. The van der Waals surface area contributed by atoms with Gasteiger partial charge in [0, 0.05) is 12.6 Å². The Kier molecular flexibility index (Phi) is 7.86. The standard InChI is InChI=1S/C25H33N3O5S/c1-17-15-19(16-25(17,2)3)27-24(30)28-34(31,32)20-11-9-18(10-12-20)13-14-26-23(29)21-7-5-6-8-22(21)33-4/h5-12,17,19H,13-16H2,1-4H3,(H,26,29)(H2,27,28,30). The maximum atomic E-state index is 12.6. The van der Waals surface area contributed by atoms with E-state index in [2.05, 4.69) is 36.1 Å². The van der Waals surface area contributed by atoms with E-state index >= 15 is 0 Å². The summed E-state index contributed by atoms with van der Waals surface area (Å²) in [5.74, 6) is 0.700. The van der Waals surface area contributed by atoms with Crippen LogP contribution in [0.4, 0.5) is 4.79 Å². The number of carbonyl (C=O) groups is 2. The van der Waals surface area contributed by atoms with Gasteiger partial charge in [-0.15, -0.1) is 0 Å². The molecule has 0 heterocycles. The van der Waals surface area contributed by atoms with Crippen molar-refractivity contribution in [3.8, 4) is 5.75 Å². The van der Waals surface area contributed by atoms with Crippen LogP contribution in [0.25, 0.3) is 0 Å². The molecule has 0 saturated heterocycles. The Bertz CT molecular complexity index is 1130. The summed E-state index contributed by atoms with van der Waals surface area (Å²) in [4.78, 5) is 24.7. The highest BCUT2D eigenvalue weighted by molar-refractivity contribution is 7.90. The molecule has 0 radical (unpaired) electrons. The van der Waals surface area contributed by atoms with Crippen LogP contribution >= 0.6 is 0 Å². The molecule has 34 heavy (non-hydrogen) atoms. The lowest BCUT2D eigenvalue weighted by Crippen LogP contribution is -2.43. The summed E-state index contributed by atoms with van der Waals surface area (Å²) in [5.41, 5.74) is 1.41. The van der Waals surface area contributed by atoms with Crippen LogP contribution in [0.3, 0.4) is 0 Å². The second-order valence-corrected chi connectivity index (χ2v) is 11.1. The van der Waals surface area contributed by atoms with Crippen molar-refractivity contribution in [1.29, 1.82) is 0 Å². The number of methoxy groups -OCH3 is 1. The molecule has 0 aliphatic heterocycles. The van der Waals surface area contributed by atoms with Gasteiger partial charge in [0.15, 0.2) is 0 Å². The number of para-hydroxylation sites is 1. The Morgan fingerprint density at radius 3 is 2.38 bits per heavy atom. The monoisotopic (exact) mass is 487 g/mol. The first-order valence-corrected chi connectivity index (χ1v) is 12.8. The van der Waals surface area contributed by atoms with Gasteiger partial charge in [-0.3, -0.25) is 4.79 Å². The van der Waals surface area contributed by atoms with Crippen molar-refractivity contribution in [2.75, 3.05) is 13.7 Å². The Labute approximate surface area is 201 Å². The number of hydrogen-bond acceptors (Lipinski definition) is 5. The van der Waals surface area contributed by atoms with E-state index in [0.717, 1.165) is 18.4 Å². The SMILES string of the molecule is COc1ccccc1C(=O)NCCc1ccc(S(=O)(=O)NC(=O)NC2CC(C)C(C)(C)C2)cc1. The van der Waals surface area contributed by atoms with E-state index in [0.29, 0.717) is 30.2 Å². The van der Waals surface area contributed by atoms with Crippen molar-refractivity contribution in [3.63, 3.8) is 0 Å². The Morgan fingerprint density at radius 1 is 1.09 bits per heavy atom. The van der Waals surface area contributed by atoms with Gasteiger partial charge in [0.05, 0.1) is 17.6 Å². The molecule has 3 amide bonds. The van der Waals surface area contributed by atoms with Gasteiger partial charge < -0.3 is 15.4 Å². The Hall–Kier alpha value is -3.07. The number of ether oxygens (including phenoxy) is 1. The van der Waals surface area contributed by atoms with Crippen LogP contribution in [-0.2, 0) is 16.4 Å². The van der Waals surface area contributed by atoms with Gasteiger partial charge in [0.2, 0.25) is 0 Å². The van der Waals surface area contributed by atoms with E-state index in [9.17, 15) is 18.0 Å². The largest absolute Gasteiger partial charge is 0.496 e. The first-order chi connectivity index (χ1) is 16.0. The van der Waals surface area contributed by atoms with Crippen molar-refractivity contribution in [1.82, 2.24) is 15.4 Å². The number of nitrogens with one attached hydrogen (secondary N) is 3. The second kappa shape index (κ2) is 10.5. The summed E-state index contributed by atoms with van der Waals surface area (Å²) in [6.07, 6.45) is 2.15. The van der Waals surface area contributed by atoms with Gasteiger partial charge in [-0.05, 0) is 60.4 Å². The third-order valence-corrected chi connectivity index (χ3v) is 7.94. The summed E-state index contributed by atoms with van der Waals surface area (Å²) in [6.45, 7) is 6.82. The van der Waals surface area contributed by atoms with Crippen LogP contribution in [-0.4, -0.2) is 40.1 Å². The molecule has 2 unspecified atom stereocenters. The molecule has 2 aromatic rings. The predicted octanol–water partition coefficient (Wildman–Crippen LogP) is 3.48. The topological polar surface area (TPSA) is 114 Å². The van der Waals surface area contributed by atoms with Crippen LogP contribution < -0.4 is 20.1 Å². The molecule has 2 atom stereocenters. The van der Waals surface area contributed by atoms with Crippen LogP contribution in [0, 0.1) is 11.3 Å². The lowest BCUT2D eigenvalue weighted by atomic mass is 9.83.